The lowest BCUT2D eigenvalue weighted by Crippen LogP contribution is -2.39. The van der Waals surface area contributed by atoms with Crippen molar-refractivity contribution in [3.05, 3.63) is 0 Å². The van der Waals surface area contributed by atoms with Crippen LogP contribution in [-0.4, -0.2) is 23.1 Å². The van der Waals surface area contributed by atoms with Gasteiger partial charge in [0.1, 0.15) is 0 Å². The molecule has 0 saturated heterocycles. The van der Waals surface area contributed by atoms with E-state index in [1.54, 1.807) is 0 Å². The van der Waals surface area contributed by atoms with Gasteiger partial charge in [-0.3, -0.25) is 0 Å². The van der Waals surface area contributed by atoms with Gasteiger partial charge in [-0.1, -0.05) is 97.8 Å². The molecule has 0 aromatic carbocycles. The maximum Gasteiger partial charge on any atom is 0.418 e. The molecule has 0 saturated carbocycles. The standard InChI is InChI=1S/C18H40O2Si2/c1-4-7-10-13-16-22(20-21-19,17-14-11-8-5-2)18-15-12-9-6-3/h19H,4-18H2,1-3H3. The Labute approximate surface area is 143 Å². The summed E-state index contributed by atoms with van der Waals surface area (Å²) in [5, 5.41) is 0. The monoisotopic (exact) mass is 344 g/mol. The molecular formula is C18H40O2Si2. The molecular weight excluding hydrogens is 304 g/mol. The molecule has 2 nitrogen and oxygen atoms in total. The normalized spacial score (nSPS) is 12.0. The summed E-state index contributed by atoms with van der Waals surface area (Å²) in [7, 11) is -1.98. The summed E-state index contributed by atoms with van der Waals surface area (Å²) in [5.74, 6) is 0. The lowest BCUT2D eigenvalue weighted by molar-refractivity contribution is 0.430. The highest BCUT2D eigenvalue weighted by atomic mass is 28.4. The van der Waals surface area contributed by atoms with E-state index in [4.69, 9.17) is 4.12 Å². The number of unbranched alkanes of at least 4 members (excludes halogenated alkanes) is 9. The van der Waals surface area contributed by atoms with E-state index in [1.807, 2.05) is 0 Å². The molecule has 0 aromatic rings. The van der Waals surface area contributed by atoms with Gasteiger partial charge in [0, 0.05) is 0 Å². The molecule has 0 aliphatic rings. The molecule has 0 aliphatic heterocycles. The molecule has 2 radical (unpaired) electrons. The Hall–Kier alpha value is 0.354. The van der Waals surface area contributed by atoms with Crippen LogP contribution in [0.4, 0.5) is 0 Å². The predicted octanol–water partition coefficient (Wildman–Crippen LogP) is 6.22. The van der Waals surface area contributed by atoms with Crippen LogP contribution in [0.1, 0.15) is 97.8 Å². The molecule has 0 amide bonds. The zero-order valence-corrected chi connectivity index (χ0v) is 17.5. The van der Waals surface area contributed by atoms with Crippen molar-refractivity contribution in [2.75, 3.05) is 0 Å². The van der Waals surface area contributed by atoms with E-state index in [0.29, 0.717) is 0 Å². The third-order valence-electron chi connectivity index (χ3n) is 4.72. The summed E-state index contributed by atoms with van der Waals surface area (Å²) < 4.78 is 6.09. The molecule has 0 fully saturated rings. The molecule has 4 heteroatoms. The van der Waals surface area contributed by atoms with E-state index in [-0.39, 0.29) is 10.0 Å². The molecule has 0 unspecified atom stereocenters. The van der Waals surface area contributed by atoms with Gasteiger partial charge in [-0.15, -0.1) is 0 Å². The van der Waals surface area contributed by atoms with E-state index in [2.05, 4.69) is 20.8 Å². The Kier molecular flexibility index (Phi) is 16.5. The van der Waals surface area contributed by atoms with Gasteiger partial charge in [0.2, 0.25) is 0 Å². The van der Waals surface area contributed by atoms with Crippen molar-refractivity contribution in [2.24, 2.45) is 0 Å². The van der Waals surface area contributed by atoms with Gasteiger partial charge >= 0.3 is 10.0 Å². The average molecular weight is 345 g/mol. The smallest absolute Gasteiger partial charge is 0.418 e. The Morgan fingerprint density at radius 3 is 1.27 bits per heavy atom. The van der Waals surface area contributed by atoms with Crippen LogP contribution in [-0.2, 0) is 4.12 Å². The van der Waals surface area contributed by atoms with Crippen LogP contribution in [0.5, 0.6) is 0 Å². The molecule has 1 N–H and O–H groups in total. The molecule has 0 atom stereocenters. The fourth-order valence-corrected chi connectivity index (χ4v) is 8.68. The highest BCUT2D eigenvalue weighted by Crippen LogP contribution is 2.30. The van der Waals surface area contributed by atoms with Crippen LogP contribution in [0.3, 0.4) is 0 Å². The summed E-state index contributed by atoms with van der Waals surface area (Å²) in [4.78, 5) is 9.45. The van der Waals surface area contributed by atoms with Gasteiger partial charge in [-0.25, -0.2) is 0 Å². The van der Waals surface area contributed by atoms with Crippen LogP contribution < -0.4 is 0 Å². The van der Waals surface area contributed by atoms with Crippen molar-refractivity contribution >= 4 is 18.3 Å². The van der Waals surface area contributed by atoms with Crippen LogP contribution in [0.15, 0.2) is 0 Å². The second kappa shape index (κ2) is 16.2. The van der Waals surface area contributed by atoms with Gasteiger partial charge in [0.05, 0.1) is 0 Å². The molecule has 0 spiro atoms. The van der Waals surface area contributed by atoms with Gasteiger partial charge in [-0.2, -0.15) is 0 Å². The van der Waals surface area contributed by atoms with Crippen LogP contribution in [0.25, 0.3) is 0 Å². The SMILES string of the molecule is CCCCCC[Si](CCCCCC)(CCCCCC)O[Si]O. The molecule has 0 aliphatic carbocycles. The predicted molar refractivity (Wildman–Crippen MR) is 102 cm³/mol. The molecule has 0 heterocycles. The first-order valence-corrected chi connectivity index (χ1v) is 13.2. The largest absolute Gasteiger partial charge is 0.434 e. The minimum absolute atomic E-state index is 0.293. The van der Waals surface area contributed by atoms with Gasteiger partial charge < -0.3 is 8.91 Å². The summed E-state index contributed by atoms with van der Waals surface area (Å²) in [5.41, 5.74) is 0. The van der Waals surface area contributed by atoms with Crippen molar-refractivity contribution in [2.45, 2.75) is 116 Å². The quantitative estimate of drug-likeness (QED) is 0.251. The van der Waals surface area contributed by atoms with Crippen molar-refractivity contribution in [3.63, 3.8) is 0 Å². The fourth-order valence-electron chi connectivity index (χ4n) is 3.25. The molecule has 132 valence electrons. The van der Waals surface area contributed by atoms with Crippen LogP contribution in [0, 0.1) is 0 Å². The number of hydrogen-bond acceptors (Lipinski definition) is 2. The highest BCUT2D eigenvalue weighted by molar-refractivity contribution is 6.76. The highest BCUT2D eigenvalue weighted by Gasteiger charge is 2.33. The van der Waals surface area contributed by atoms with E-state index >= 15 is 0 Å². The van der Waals surface area contributed by atoms with Crippen molar-refractivity contribution in [3.8, 4) is 0 Å². The number of rotatable bonds is 17. The second-order valence-corrected chi connectivity index (χ2v) is 11.7. The Balaban J connectivity index is 4.39. The molecule has 0 rings (SSSR count). The van der Waals surface area contributed by atoms with E-state index in [9.17, 15) is 4.80 Å². The Bertz CT molecular complexity index is 194. The van der Waals surface area contributed by atoms with Gasteiger partial charge in [0.25, 0.3) is 0 Å². The van der Waals surface area contributed by atoms with Crippen molar-refractivity contribution in [1.29, 1.82) is 0 Å². The first-order valence-electron chi connectivity index (χ1n) is 9.81. The molecule has 0 aromatic heterocycles. The summed E-state index contributed by atoms with van der Waals surface area (Å²) >= 11 is 0. The van der Waals surface area contributed by atoms with E-state index < -0.39 is 8.32 Å². The van der Waals surface area contributed by atoms with E-state index in [0.717, 1.165) is 0 Å². The Morgan fingerprint density at radius 2 is 1.00 bits per heavy atom. The maximum absolute atomic E-state index is 9.45. The minimum atomic E-state index is -1.68. The van der Waals surface area contributed by atoms with Crippen LogP contribution >= 0.6 is 0 Å². The third-order valence-corrected chi connectivity index (χ3v) is 10.6. The summed E-state index contributed by atoms with van der Waals surface area (Å²) in [6.07, 6.45) is 15.9. The van der Waals surface area contributed by atoms with Crippen LogP contribution in [0.2, 0.25) is 18.1 Å². The third kappa shape index (κ3) is 11.9. The van der Waals surface area contributed by atoms with Gasteiger partial charge in [-0.05, 0) is 18.1 Å². The minimum Gasteiger partial charge on any atom is -0.434 e. The van der Waals surface area contributed by atoms with Gasteiger partial charge in [0.15, 0.2) is 8.32 Å². The summed E-state index contributed by atoms with van der Waals surface area (Å²) in [6.45, 7) is 6.81. The summed E-state index contributed by atoms with van der Waals surface area (Å²) in [6, 6.07) is 3.83. The zero-order chi connectivity index (χ0) is 16.5. The maximum atomic E-state index is 9.45. The first kappa shape index (κ1) is 22.4. The topological polar surface area (TPSA) is 29.5 Å². The lowest BCUT2D eigenvalue weighted by Gasteiger charge is -2.31. The fraction of sp³-hybridized carbons (Fsp3) is 1.00. The lowest BCUT2D eigenvalue weighted by atomic mass is 10.2. The average Bonchev–Trinajstić information content (AvgIpc) is 2.53. The molecule has 0 bridgehead atoms. The van der Waals surface area contributed by atoms with E-state index in [1.165, 1.54) is 95.2 Å². The zero-order valence-electron chi connectivity index (χ0n) is 15.5. The van der Waals surface area contributed by atoms with Crippen molar-refractivity contribution < 1.29 is 8.91 Å². The molecule has 22 heavy (non-hydrogen) atoms. The Morgan fingerprint density at radius 1 is 0.636 bits per heavy atom. The first-order chi connectivity index (χ1) is 10.7. The van der Waals surface area contributed by atoms with Crippen molar-refractivity contribution in [1.82, 2.24) is 0 Å². The number of hydrogen-bond donors (Lipinski definition) is 1. The second-order valence-electron chi connectivity index (χ2n) is 6.81.